The smallest absolute Gasteiger partial charge is 0.0682 e. The number of rotatable bonds is 4. The molecule has 0 amide bonds. The molecule has 0 aromatic heterocycles. The van der Waals surface area contributed by atoms with Gasteiger partial charge in [0.15, 0.2) is 0 Å². The molecule has 0 bridgehead atoms. The maximum Gasteiger partial charge on any atom is 0.0682 e. The lowest BCUT2D eigenvalue weighted by Crippen LogP contribution is -2.30. The molecule has 1 heterocycles. The van der Waals surface area contributed by atoms with Gasteiger partial charge in [-0.15, -0.1) is 0 Å². The van der Waals surface area contributed by atoms with E-state index in [1.165, 1.54) is 25.8 Å². The molecule has 0 saturated carbocycles. The number of hydrogen-bond donors (Lipinski definition) is 1. The normalized spacial score (nSPS) is 31.2. The number of aliphatic hydroxyl groups excluding tert-OH is 1. The lowest BCUT2D eigenvalue weighted by atomic mass is 10.1. The van der Waals surface area contributed by atoms with Crippen LogP contribution in [0.3, 0.4) is 0 Å². The van der Waals surface area contributed by atoms with Crippen LogP contribution in [-0.4, -0.2) is 35.2 Å². The van der Waals surface area contributed by atoms with Crippen molar-refractivity contribution >= 4 is 0 Å². The summed E-state index contributed by atoms with van der Waals surface area (Å²) < 4.78 is 0. The van der Waals surface area contributed by atoms with Gasteiger partial charge in [0.1, 0.15) is 0 Å². The Hall–Kier alpha value is -0.0800. The molecular formula is C10H21NO. The minimum absolute atomic E-state index is 0.0631. The van der Waals surface area contributed by atoms with E-state index in [2.05, 4.69) is 18.7 Å². The van der Waals surface area contributed by atoms with E-state index >= 15 is 0 Å². The highest BCUT2D eigenvalue weighted by molar-refractivity contribution is 4.83. The molecule has 2 heteroatoms. The van der Waals surface area contributed by atoms with Crippen molar-refractivity contribution < 1.29 is 5.11 Å². The van der Waals surface area contributed by atoms with Crippen LogP contribution in [0.5, 0.6) is 0 Å². The monoisotopic (exact) mass is 171 g/mol. The van der Waals surface area contributed by atoms with Crippen LogP contribution in [0.2, 0.25) is 0 Å². The van der Waals surface area contributed by atoms with Gasteiger partial charge in [0.05, 0.1) is 6.10 Å². The van der Waals surface area contributed by atoms with Gasteiger partial charge in [-0.25, -0.2) is 0 Å². The van der Waals surface area contributed by atoms with Gasteiger partial charge in [-0.3, -0.25) is 4.90 Å². The number of aliphatic hydroxyl groups is 1. The van der Waals surface area contributed by atoms with Crippen LogP contribution in [0.15, 0.2) is 0 Å². The molecule has 0 aromatic carbocycles. The highest BCUT2D eigenvalue weighted by Crippen LogP contribution is 2.20. The molecule has 72 valence electrons. The van der Waals surface area contributed by atoms with E-state index in [4.69, 9.17) is 0 Å². The predicted molar refractivity (Wildman–Crippen MR) is 51.2 cm³/mol. The van der Waals surface area contributed by atoms with Crippen LogP contribution in [0.1, 0.15) is 39.5 Å². The Morgan fingerprint density at radius 2 is 2.17 bits per heavy atom. The topological polar surface area (TPSA) is 23.5 Å². The Morgan fingerprint density at radius 1 is 1.42 bits per heavy atom. The molecule has 1 aliphatic heterocycles. The summed E-state index contributed by atoms with van der Waals surface area (Å²) in [7, 11) is 0. The second kappa shape index (κ2) is 4.83. The Kier molecular flexibility index (Phi) is 4.02. The summed E-state index contributed by atoms with van der Waals surface area (Å²) in [4.78, 5) is 2.44. The fraction of sp³-hybridized carbons (Fsp3) is 1.00. The van der Waals surface area contributed by atoms with Gasteiger partial charge >= 0.3 is 0 Å². The summed E-state index contributed by atoms with van der Waals surface area (Å²) in [6, 6.07) is 0.645. The van der Waals surface area contributed by atoms with E-state index in [1.54, 1.807) is 0 Å². The van der Waals surface area contributed by atoms with Crippen molar-refractivity contribution in [3.8, 4) is 0 Å². The van der Waals surface area contributed by atoms with E-state index < -0.39 is 0 Å². The van der Waals surface area contributed by atoms with Crippen molar-refractivity contribution in [1.82, 2.24) is 4.90 Å². The van der Waals surface area contributed by atoms with Crippen molar-refractivity contribution in [3.05, 3.63) is 0 Å². The maximum atomic E-state index is 9.46. The third kappa shape index (κ3) is 2.46. The van der Waals surface area contributed by atoms with Gasteiger partial charge in [-0.2, -0.15) is 0 Å². The van der Waals surface area contributed by atoms with E-state index in [1.807, 2.05) is 0 Å². The quantitative estimate of drug-likeness (QED) is 0.695. The molecule has 2 atom stereocenters. The average molecular weight is 171 g/mol. The summed E-state index contributed by atoms with van der Waals surface area (Å²) in [5, 5.41) is 9.46. The third-order valence-corrected chi connectivity index (χ3v) is 2.78. The summed E-state index contributed by atoms with van der Waals surface area (Å²) >= 11 is 0. The molecule has 0 aromatic rings. The van der Waals surface area contributed by atoms with Crippen LogP contribution in [-0.2, 0) is 0 Å². The molecule has 0 spiro atoms. The number of hydrogen-bond acceptors (Lipinski definition) is 2. The van der Waals surface area contributed by atoms with Gasteiger partial charge in [-0.1, -0.05) is 20.3 Å². The number of nitrogens with zero attached hydrogens (tertiary/aromatic N) is 1. The third-order valence-electron chi connectivity index (χ3n) is 2.78. The highest BCUT2D eigenvalue weighted by atomic mass is 16.3. The molecule has 1 aliphatic rings. The summed E-state index contributed by atoms with van der Waals surface area (Å²) in [6.07, 6.45) is 4.62. The Balaban J connectivity index is 2.30. The van der Waals surface area contributed by atoms with Crippen molar-refractivity contribution in [2.24, 2.45) is 0 Å². The van der Waals surface area contributed by atoms with Crippen LogP contribution in [0, 0.1) is 0 Å². The lowest BCUT2D eigenvalue weighted by Gasteiger charge is -2.22. The minimum atomic E-state index is -0.0631. The van der Waals surface area contributed by atoms with E-state index in [-0.39, 0.29) is 6.10 Å². The Labute approximate surface area is 75.6 Å². The van der Waals surface area contributed by atoms with Gasteiger partial charge < -0.3 is 5.11 Å². The Bertz CT molecular complexity index is 127. The minimum Gasteiger partial charge on any atom is -0.392 e. The molecule has 2 nitrogen and oxygen atoms in total. The van der Waals surface area contributed by atoms with E-state index in [0.717, 1.165) is 13.0 Å². The number of unbranched alkanes of at least 4 members (excludes halogenated alkanes) is 1. The van der Waals surface area contributed by atoms with Crippen LogP contribution >= 0.6 is 0 Å². The molecule has 0 radical (unpaired) electrons. The van der Waals surface area contributed by atoms with Gasteiger partial charge in [0.2, 0.25) is 0 Å². The first-order valence-electron chi connectivity index (χ1n) is 5.20. The van der Waals surface area contributed by atoms with Crippen molar-refractivity contribution in [1.29, 1.82) is 0 Å². The molecule has 1 rings (SSSR count). The highest BCUT2D eigenvalue weighted by Gasteiger charge is 2.28. The Morgan fingerprint density at radius 3 is 2.75 bits per heavy atom. The largest absolute Gasteiger partial charge is 0.392 e. The fourth-order valence-electron chi connectivity index (χ4n) is 2.02. The van der Waals surface area contributed by atoms with Gasteiger partial charge in [0.25, 0.3) is 0 Å². The molecule has 12 heavy (non-hydrogen) atoms. The molecular weight excluding hydrogens is 150 g/mol. The zero-order valence-electron chi connectivity index (χ0n) is 8.29. The molecule has 0 unspecified atom stereocenters. The molecule has 1 N–H and O–H groups in total. The first-order valence-corrected chi connectivity index (χ1v) is 5.20. The summed E-state index contributed by atoms with van der Waals surface area (Å²) in [5.74, 6) is 0. The van der Waals surface area contributed by atoms with Crippen LogP contribution < -0.4 is 0 Å². The molecule has 1 saturated heterocycles. The predicted octanol–water partition coefficient (Wildman–Crippen LogP) is 1.63. The van der Waals surface area contributed by atoms with E-state index in [0.29, 0.717) is 6.04 Å². The number of β-amino-alcohol motifs (C(OH)–C–C–N with tert-alkyl or cyclic N) is 1. The van der Waals surface area contributed by atoms with Crippen LogP contribution in [0.4, 0.5) is 0 Å². The van der Waals surface area contributed by atoms with Crippen LogP contribution in [0.25, 0.3) is 0 Å². The summed E-state index contributed by atoms with van der Waals surface area (Å²) in [6.45, 7) is 6.50. The summed E-state index contributed by atoms with van der Waals surface area (Å²) in [5.41, 5.74) is 0. The zero-order valence-corrected chi connectivity index (χ0v) is 8.29. The second-order valence-electron chi connectivity index (χ2n) is 3.80. The van der Waals surface area contributed by atoms with Gasteiger partial charge in [-0.05, 0) is 25.8 Å². The number of likely N-dealkylation sites (tertiary alicyclic amines) is 1. The first-order chi connectivity index (χ1) is 5.77. The lowest BCUT2D eigenvalue weighted by molar-refractivity contribution is 0.174. The SMILES string of the molecule is CCCCN1C[C@H](O)C[C@H]1CC. The molecule has 1 fully saturated rings. The fourth-order valence-corrected chi connectivity index (χ4v) is 2.02. The second-order valence-corrected chi connectivity index (χ2v) is 3.80. The average Bonchev–Trinajstić information content (AvgIpc) is 2.42. The van der Waals surface area contributed by atoms with Crippen molar-refractivity contribution in [2.45, 2.75) is 51.7 Å². The first kappa shape index (κ1) is 10.0. The standard InChI is InChI=1S/C10H21NO/c1-3-5-6-11-8-10(12)7-9(11)4-2/h9-10,12H,3-8H2,1-2H3/t9-,10-/m1/s1. The molecule has 0 aliphatic carbocycles. The zero-order chi connectivity index (χ0) is 8.97. The maximum absolute atomic E-state index is 9.46. The van der Waals surface area contributed by atoms with Crippen molar-refractivity contribution in [3.63, 3.8) is 0 Å². The van der Waals surface area contributed by atoms with Crippen molar-refractivity contribution in [2.75, 3.05) is 13.1 Å². The van der Waals surface area contributed by atoms with Gasteiger partial charge in [0, 0.05) is 12.6 Å². The van der Waals surface area contributed by atoms with E-state index in [9.17, 15) is 5.11 Å².